The van der Waals surface area contributed by atoms with Gasteiger partial charge in [-0.1, -0.05) is 26.0 Å². The SMILES string of the molecule is CC(C)C[C@H](NC(=O)OC(C)(C)C)C(=O)NC[C@@H]1CN(S(=O)(=O)c2ccccc2C#N)CCO1. The number of nitriles is 1. The number of carbonyl (C=O) groups is 2. The molecule has 2 rings (SSSR count). The fourth-order valence-electron chi connectivity index (χ4n) is 3.45. The van der Waals surface area contributed by atoms with Crippen LogP contribution >= 0.6 is 0 Å². The maximum Gasteiger partial charge on any atom is 0.408 e. The predicted octanol–water partition coefficient (Wildman–Crippen LogP) is 2.00. The van der Waals surface area contributed by atoms with Crippen LogP contribution in [0.4, 0.5) is 4.79 Å². The Balaban J connectivity index is 2.02. The Labute approximate surface area is 201 Å². The summed E-state index contributed by atoms with van der Waals surface area (Å²) in [5.74, 6) is -0.268. The van der Waals surface area contributed by atoms with Crippen molar-refractivity contribution in [3.8, 4) is 6.07 Å². The van der Waals surface area contributed by atoms with Crippen molar-refractivity contribution >= 4 is 22.0 Å². The van der Waals surface area contributed by atoms with Crippen LogP contribution in [0.3, 0.4) is 0 Å². The number of morpholine rings is 1. The number of rotatable bonds is 8. The van der Waals surface area contributed by atoms with Gasteiger partial charge in [-0.15, -0.1) is 0 Å². The van der Waals surface area contributed by atoms with Gasteiger partial charge < -0.3 is 20.1 Å². The normalized spacial score (nSPS) is 18.1. The van der Waals surface area contributed by atoms with Crippen LogP contribution in [-0.2, 0) is 24.3 Å². The van der Waals surface area contributed by atoms with Crippen molar-refractivity contribution in [3.05, 3.63) is 29.8 Å². The molecular formula is C23H34N4O6S. The van der Waals surface area contributed by atoms with Crippen molar-refractivity contribution < 1.29 is 27.5 Å². The highest BCUT2D eigenvalue weighted by Crippen LogP contribution is 2.22. The maximum atomic E-state index is 13.1. The van der Waals surface area contributed by atoms with E-state index in [1.165, 1.54) is 16.4 Å². The largest absolute Gasteiger partial charge is 0.444 e. The number of benzene rings is 1. The molecule has 0 spiro atoms. The van der Waals surface area contributed by atoms with Crippen molar-refractivity contribution in [1.82, 2.24) is 14.9 Å². The molecule has 1 aromatic rings. The van der Waals surface area contributed by atoms with Gasteiger partial charge in [0, 0.05) is 19.6 Å². The number of carbonyl (C=O) groups excluding carboxylic acids is 2. The summed E-state index contributed by atoms with van der Waals surface area (Å²) < 4.78 is 38.3. The number of nitrogens with one attached hydrogen (secondary N) is 2. The molecule has 0 bridgehead atoms. The summed E-state index contributed by atoms with van der Waals surface area (Å²) >= 11 is 0. The molecule has 34 heavy (non-hydrogen) atoms. The molecule has 0 radical (unpaired) electrons. The van der Waals surface area contributed by atoms with Crippen LogP contribution in [0.2, 0.25) is 0 Å². The van der Waals surface area contributed by atoms with Gasteiger partial charge in [0.25, 0.3) is 0 Å². The average Bonchev–Trinajstić information content (AvgIpc) is 2.75. The van der Waals surface area contributed by atoms with Gasteiger partial charge in [-0.2, -0.15) is 9.57 Å². The minimum Gasteiger partial charge on any atom is -0.444 e. The van der Waals surface area contributed by atoms with Crippen molar-refractivity contribution in [2.75, 3.05) is 26.2 Å². The second kappa shape index (κ2) is 11.6. The van der Waals surface area contributed by atoms with Gasteiger partial charge in [0.05, 0.1) is 23.2 Å². The molecule has 10 nitrogen and oxygen atoms in total. The van der Waals surface area contributed by atoms with E-state index in [4.69, 9.17) is 9.47 Å². The van der Waals surface area contributed by atoms with Crippen LogP contribution in [0.15, 0.2) is 29.2 Å². The van der Waals surface area contributed by atoms with Gasteiger partial charge in [0.2, 0.25) is 15.9 Å². The van der Waals surface area contributed by atoms with Gasteiger partial charge >= 0.3 is 6.09 Å². The van der Waals surface area contributed by atoms with Crippen LogP contribution in [0.1, 0.15) is 46.6 Å². The Morgan fingerprint density at radius 2 is 1.97 bits per heavy atom. The highest BCUT2D eigenvalue weighted by atomic mass is 32.2. The Morgan fingerprint density at radius 1 is 1.29 bits per heavy atom. The minimum absolute atomic E-state index is 0.0245. The van der Waals surface area contributed by atoms with E-state index < -0.39 is 39.8 Å². The topological polar surface area (TPSA) is 138 Å². The highest BCUT2D eigenvalue weighted by Gasteiger charge is 2.33. The van der Waals surface area contributed by atoms with E-state index in [0.29, 0.717) is 6.42 Å². The molecule has 2 amide bonds. The lowest BCUT2D eigenvalue weighted by molar-refractivity contribution is -0.124. The molecule has 1 fully saturated rings. The first-order valence-electron chi connectivity index (χ1n) is 11.2. The summed E-state index contributed by atoms with van der Waals surface area (Å²) in [6.07, 6.45) is -0.860. The zero-order valence-corrected chi connectivity index (χ0v) is 21.1. The van der Waals surface area contributed by atoms with E-state index in [9.17, 15) is 23.3 Å². The number of nitrogens with zero attached hydrogens (tertiary/aromatic N) is 2. The van der Waals surface area contributed by atoms with E-state index in [1.54, 1.807) is 32.9 Å². The fraction of sp³-hybridized carbons (Fsp3) is 0.609. The summed E-state index contributed by atoms with van der Waals surface area (Å²) in [7, 11) is -3.90. The average molecular weight is 495 g/mol. The molecule has 1 aliphatic rings. The molecule has 2 atom stereocenters. The van der Waals surface area contributed by atoms with Gasteiger partial charge in [0.1, 0.15) is 17.7 Å². The third kappa shape index (κ3) is 7.97. The third-order valence-corrected chi connectivity index (χ3v) is 6.87. The Kier molecular flexibility index (Phi) is 9.44. The molecule has 1 aliphatic heterocycles. The lowest BCUT2D eigenvalue weighted by Gasteiger charge is -2.32. The Bertz CT molecular complexity index is 1010. The number of amides is 2. The van der Waals surface area contributed by atoms with Crippen molar-refractivity contribution in [2.45, 2.75) is 63.7 Å². The maximum absolute atomic E-state index is 13.1. The zero-order valence-electron chi connectivity index (χ0n) is 20.3. The minimum atomic E-state index is -3.90. The molecule has 1 heterocycles. The molecule has 2 N–H and O–H groups in total. The number of sulfonamides is 1. The summed E-state index contributed by atoms with van der Waals surface area (Å²) in [4.78, 5) is 24.9. The summed E-state index contributed by atoms with van der Waals surface area (Å²) in [5.41, 5.74) is -0.624. The highest BCUT2D eigenvalue weighted by molar-refractivity contribution is 7.89. The van der Waals surface area contributed by atoms with Crippen LogP contribution in [0.25, 0.3) is 0 Å². The standard InChI is InChI=1S/C23H34N4O6S/c1-16(2)12-19(26-22(29)33-23(3,4)5)21(28)25-14-18-15-27(10-11-32-18)34(30,31)20-9-7-6-8-17(20)13-24/h6-9,16,18-19H,10-12,14-15H2,1-5H3,(H,25,28)(H,26,29)/t18-,19+/m1/s1. The summed E-state index contributed by atoms with van der Waals surface area (Å²) in [5, 5.41) is 14.6. The first kappa shape index (κ1) is 27.6. The smallest absolute Gasteiger partial charge is 0.408 e. The van der Waals surface area contributed by atoms with Crippen LogP contribution in [0, 0.1) is 17.2 Å². The predicted molar refractivity (Wildman–Crippen MR) is 125 cm³/mol. The lowest BCUT2D eigenvalue weighted by Crippen LogP contribution is -2.53. The van der Waals surface area contributed by atoms with E-state index >= 15 is 0 Å². The van der Waals surface area contributed by atoms with E-state index in [2.05, 4.69) is 10.6 Å². The van der Waals surface area contributed by atoms with Crippen LogP contribution in [-0.4, -0.2) is 68.7 Å². The Morgan fingerprint density at radius 3 is 2.59 bits per heavy atom. The molecule has 0 aromatic heterocycles. The molecule has 1 aromatic carbocycles. The van der Waals surface area contributed by atoms with Gasteiger partial charge in [-0.25, -0.2) is 13.2 Å². The Hall–Kier alpha value is -2.68. The number of ether oxygens (including phenoxy) is 2. The second-order valence-corrected chi connectivity index (χ2v) is 11.4. The summed E-state index contributed by atoms with van der Waals surface area (Å²) in [6, 6.07) is 7.14. The van der Waals surface area contributed by atoms with Gasteiger partial charge in [-0.3, -0.25) is 4.79 Å². The molecule has 11 heteroatoms. The van der Waals surface area contributed by atoms with Crippen molar-refractivity contribution in [1.29, 1.82) is 5.26 Å². The lowest BCUT2D eigenvalue weighted by atomic mass is 10.0. The molecule has 0 unspecified atom stereocenters. The first-order chi connectivity index (χ1) is 15.8. The molecule has 188 valence electrons. The van der Waals surface area contributed by atoms with E-state index in [1.807, 2.05) is 19.9 Å². The molecule has 0 aliphatic carbocycles. The monoisotopic (exact) mass is 494 g/mol. The second-order valence-electron chi connectivity index (χ2n) is 9.54. The number of hydrogen-bond donors (Lipinski definition) is 2. The third-order valence-electron chi connectivity index (χ3n) is 4.95. The molecule has 1 saturated heterocycles. The van der Waals surface area contributed by atoms with Crippen LogP contribution in [0.5, 0.6) is 0 Å². The van der Waals surface area contributed by atoms with Crippen LogP contribution < -0.4 is 10.6 Å². The molecular weight excluding hydrogens is 460 g/mol. The van der Waals surface area contributed by atoms with Gasteiger partial charge in [0.15, 0.2) is 0 Å². The zero-order chi connectivity index (χ0) is 25.5. The first-order valence-corrected chi connectivity index (χ1v) is 12.7. The quantitative estimate of drug-likeness (QED) is 0.564. The summed E-state index contributed by atoms with van der Waals surface area (Å²) in [6.45, 7) is 9.46. The molecule has 0 saturated carbocycles. The number of hydrogen-bond acceptors (Lipinski definition) is 7. The fourth-order valence-corrected chi connectivity index (χ4v) is 5.05. The van der Waals surface area contributed by atoms with E-state index in [0.717, 1.165) is 0 Å². The van der Waals surface area contributed by atoms with Crippen molar-refractivity contribution in [2.24, 2.45) is 5.92 Å². The van der Waals surface area contributed by atoms with Gasteiger partial charge in [-0.05, 0) is 45.2 Å². The van der Waals surface area contributed by atoms with Crippen molar-refractivity contribution in [3.63, 3.8) is 0 Å². The number of alkyl carbamates (subject to hydrolysis) is 1. The van der Waals surface area contributed by atoms with E-state index in [-0.39, 0.29) is 42.6 Å².